The summed E-state index contributed by atoms with van der Waals surface area (Å²) in [5.74, 6) is 0.442. The Balaban J connectivity index is 1.94. The lowest BCUT2D eigenvalue weighted by Gasteiger charge is -2.23. The van der Waals surface area contributed by atoms with E-state index in [0.29, 0.717) is 0 Å². The lowest BCUT2D eigenvalue weighted by molar-refractivity contribution is -0.122. The van der Waals surface area contributed by atoms with Gasteiger partial charge in [-0.15, -0.1) is 0 Å². The minimum atomic E-state index is 0.178. The summed E-state index contributed by atoms with van der Waals surface area (Å²) >= 11 is 0. The predicted molar refractivity (Wildman–Crippen MR) is 52.4 cm³/mol. The standard InChI is InChI=1S/C11H13NO/c13-11(9-5-4-6-9)12-10-7-2-1-3-8-10/h1-3,7-9H,4-6H2,(H,12,13). The van der Waals surface area contributed by atoms with Crippen molar-refractivity contribution in [3.05, 3.63) is 30.3 Å². The SMILES string of the molecule is O=C(Nc1ccccc1)C1CCC1. The number of carbonyl (C=O) groups excluding carboxylic acids is 1. The number of benzene rings is 1. The molecule has 1 saturated carbocycles. The highest BCUT2D eigenvalue weighted by molar-refractivity contribution is 5.92. The molecule has 68 valence electrons. The van der Waals surface area contributed by atoms with Gasteiger partial charge in [-0.2, -0.15) is 0 Å². The Kier molecular flexibility index (Phi) is 2.30. The van der Waals surface area contributed by atoms with Crippen molar-refractivity contribution >= 4 is 11.6 Å². The smallest absolute Gasteiger partial charge is 0.227 e. The van der Waals surface area contributed by atoms with E-state index >= 15 is 0 Å². The third kappa shape index (κ3) is 1.89. The minimum absolute atomic E-state index is 0.178. The van der Waals surface area contributed by atoms with Crippen LogP contribution in [-0.2, 0) is 4.79 Å². The van der Waals surface area contributed by atoms with Crippen molar-refractivity contribution in [2.45, 2.75) is 19.3 Å². The summed E-state index contributed by atoms with van der Waals surface area (Å²) in [7, 11) is 0. The van der Waals surface area contributed by atoms with Crippen molar-refractivity contribution in [1.29, 1.82) is 0 Å². The van der Waals surface area contributed by atoms with Gasteiger partial charge in [0.1, 0.15) is 0 Å². The van der Waals surface area contributed by atoms with Crippen molar-refractivity contribution in [3.63, 3.8) is 0 Å². The van der Waals surface area contributed by atoms with Gasteiger partial charge in [-0.1, -0.05) is 24.6 Å². The molecule has 1 fully saturated rings. The summed E-state index contributed by atoms with van der Waals surface area (Å²) in [5, 5.41) is 2.90. The van der Waals surface area contributed by atoms with Gasteiger partial charge in [0.2, 0.25) is 5.91 Å². The van der Waals surface area contributed by atoms with Crippen LogP contribution in [0.3, 0.4) is 0 Å². The van der Waals surface area contributed by atoms with E-state index in [2.05, 4.69) is 5.32 Å². The van der Waals surface area contributed by atoms with Gasteiger partial charge in [-0.3, -0.25) is 4.79 Å². The molecule has 1 aromatic rings. The maximum Gasteiger partial charge on any atom is 0.227 e. The summed E-state index contributed by atoms with van der Waals surface area (Å²) in [6, 6.07) is 9.62. The molecular weight excluding hydrogens is 162 g/mol. The normalized spacial score (nSPS) is 16.3. The Hall–Kier alpha value is -1.31. The summed E-state index contributed by atoms with van der Waals surface area (Å²) in [6.45, 7) is 0. The highest BCUT2D eigenvalue weighted by Gasteiger charge is 2.24. The number of rotatable bonds is 2. The van der Waals surface area contributed by atoms with Crippen LogP contribution < -0.4 is 5.32 Å². The van der Waals surface area contributed by atoms with Crippen molar-refractivity contribution in [2.24, 2.45) is 5.92 Å². The summed E-state index contributed by atoms with van der Waals surface area (Å²) in [5.41, 5.74) is 0.902. The maximum absolute atomic E-state index is 11.5. The zero-order chi connectivity index (χ0) is 9.10. The molecule has 0 saturated heterocycles. The van der Waals surface area contributed by atoms with Crippen LogP contribution in [0.15, 0.2) is 30.3 Å². The topological polar surface area (TPSA) is 29.1 Å². The number of para-hydroxylation sites is 1. The monoisotopic (exact) mass is 175 g/mol. The molecule has 2 rings (SSSR count). The molecule has 0 bridgehead atoms. The van der Waals surface area contributed by atoms with Crippen LogP contribution in [-0.4, -0.2) is 5.91 Å². The summed E-state index contributed by atoms with van der Waals surface area (Å²) in [6.07, 6.45) is 3.31. The lowest BCUT2D eigenvalue weighted by atomic mass is 9.85. The Morgan fingerprint density at radius 3 is 2.46 bits per heavy atom. The van der Waals surface area contributed by atoms with Gasteiger partial charge in [0, 0.05) is 11.6 Å². The fourth-order valence-electron chi connectivity index (χ4n) is 1.44. The number of anilines is 1. The zero-order valence-corrected chi connectivity index (χ0v) is 7.49. The average Bonchev–Trinajstić information content (AvgIpc) is 2.02. The number of nitrogens with one attached hydrogen (secondary N) is 1. The first-order valence-corrected chi connectivity index (χ1v) is 4.72. The Morgan fingerprint density at radius 2 is 1.92 bits per heavy atom. The van der Waals surface area contributed by atoms with Crippen molar-refractivity contribution in [1.82, 2.24) is 0 Å². The lowest BCUT2D eigenvalue weighted by Crippen LogP contribution is -2.27. The van der Waals surface area contributed by atoms with E-state index in [0.717, 1.165) is 18.5 Å². The molecular formula is C11H13NO. The van der Waals surface area contributed by atoms with E-state index in [1.165, 1.54) is 6.42 Å². The van der Waals surface area contributed by atoms with Crippen LogP contribution in [0.25, 0.3) is 0 Å². The highest BCUT2D eigenvalue weighted by atomic mass is 16.1. The summed E-state index contributed by atoms with van der Waals surface area (Å²) in [4.78, 5) is 11.5. The Morgan fingerprint density at radius 1 is 1.23 bits per heavy atom. The second-order valence-electron chi connectivity index (χ2n) is 3.48. The number of amides is 1. The zero-order valence-electron chi connectivity index (χ0n) is 7.49. The predicted octanol–water partition coefficient (Wildman–Crippen LogP) is 2.43. The third-order valence-corrected chi connectivity index (χ3v) is 2.52. The summed E-state index contributed by atoms with van der Waals surface area (Å²) < 4.78 is 0. The molecule has 0 aromatic heterocycles. The van der Waals surface area contributed by atoms with Gasteiger partial charge in [0.25, 0.3) is 0 Å². The minimum Gasteiger partial charge on any atom is -0.326 e. The number of carbonyl (C=O) groups is 1. The van der Waals surface area contributed by atoms with E-state index in [4.69, 9.17) is 0 Å². The first-order valence-electron chi connectivity index (χ1n) is 4.72. The van der Waals surface area contributed by atoms with Crippen LogP contribution in [0.5, 0.6) is 0 Å². The van der Waals surface area contributed by atoms with E-state index in [-0.39, 0.29) is 11.8 Å². The molecule has 13 heavy (non-hydrogen) atoms. The molecule has 0 aliphatic heterocycles. The molecule has 0 unspecified atom stereocenters. The molecule has 1 aliphatic carbocycles. The third-order valence-electron chi connectivity index (χ3n) is 2.52. The van der Waals surface area contributed by atoms with Crippen LogP contribution in [0.4, 0.5) is 5.69 Å². The molecule has 1 N–H and O–H groups in total. The Labute approximate surface area is 78.0 Å². The highest BCUT2D eigenvalue weighted by Crippen LogP contribution is 2.27. The van der Waals surface area contributed by atoms with E-state index in [1.807, 2.05) is 30.3 Å². The second kappa shape index (κ2) is 3.60. The average molecular weight is 175 g/mol. The molecule has 2 nitrogen and oxygen atoms in total. The fourth-order valence-corrected chi connectivity index (χ4v) is 1.44. The molecule has 0 radical (unpaired) electrons. The van der Waals surface area contributed by atoms with Gasteiger partial charge >= 0.3 is 0 Å². The molecule has 1 aliphatic rings. The van der Waals surface area contributed by atoms with Gasteiger partial charge in [-0.05, 0) is 25.0 Å². The molecule has 1 aromatic carbocycles. The molecule has 2 heteroatoms. The van der Waals surface area contributed by atoms with Crippen LogP contribution >= 0.6 is 0 Å². The van der Waals surface area contributed by atoms with Gasteiger partial charge < -0.3 is 5.32 Å². The molecule has 0 heterocycles. The van der Waals surface area contributed by atoms with Crippen LogP contribution in [0.1, 0.15) is 19.3 Å². The van der Waals surface area contributed by atoms with Crippen molar-refractivity contribution in [3.8, 4) is 0 Å². The van der Waals surface area contributed by atoms with Gasteiger partial charge in [0.15, 0.2) is 0 Å². The van der Waals surface area contributed by atoms with E-state index in [1.54, 1.807) is 0 Å². The Bertz CT molecular complexity index is 290. The van der Waals surface area contributed by atoms with Crippen molar-refractivity contribution < 1.29 is 4.79 Å². The van der Waals surface area contributed by atoms with Gasteiger partial charge in [-0.25, -0.2) is 0 Å². The quantitative estimate of drug-likeness (QED) is 0.734. The van der Waals surface area contributed by atoms with Crippen molar-refractivity contribution in [2.75, 3.05) is 5.32 Å². The second-order valence-corrected chi connectivity index (χ2v) is 3.48. The maximum atomic E-state index is 11.5. The fraction of sp³-hybridized carbons (Fsp3) is 0.364. The van der Waals surface area contributed by atoms with Crippen LogP contribution in [0.2, 0.25) is 0 Å². The molecule has 0 spiro atoms. The first-order chi connectivity index (χ1) is 6.36. The van der Waals surface area contributed by atoms with Crippen LogP contribution in [0, 0.1) is 5.92 Å². The van der Waals surface area contributed by atoms with E-state index in [9.17, 15) is 4.79 Å². The molecule has 1 amide bonds. The number of hydrogen-bond donors (Lipinski definition) is 1. The number of hydrogen-bond acceptors (Lipinski definition) is 1. The molecule has 0 atom stereocenters. The van der Waals surface area contributed by atoms with E-state index < -0.39 is 0 Å². The van der Waals surface area contributed by atoms with Gasteiger partial charge in [0.05, 0.1) is 0 Å². The largest absolute Gasteiger partial charge is 0.326 e. The first kappa shape index (κ1) is 8.30.